The molecule has 0 atom stereocenters. The zero-order valence-electron chi connectivity index (χ0n) is 8.00. The average Bonchev–Trinajstić information content (AvgIpc) is 2.53. The number of aryl methyl sites for hydroxylation is 1. The fourth-order valence-corrected chi connectivity index (χ4v) is 1.86. The molecule has 0 bridgehead atoms. The van der Waals surface area contributed by atoms with E-state index in [0.29, 0.717) is 6.61 Å². The summed E-state index contributed by atoms with van der Waals surface area (Å²) in [6.45, 7) is 3.17. The second-order valence-electron chi connectivity index (χ2n) is 3.37. The van der Waals surface area contributed by atoms with Crippen molar-refractivity contribution in [1.29, 1.82) is 0 Å². The fourth-order valence-electron chi connectivity index (χ4n) is 1.86. The van der Waals surface area contributed by atoms with E-state index in [0.717, 1.165) is 35.5 Å². The largest absolute Gasteiger partial charge is 0.409 e. The molecule has 0 saturated heterocycles. The van der Waals surface area contributed by atoms with Gasteiger partial charge in [0.15, 0.2) is 5.84 Å². The summed E-state index contributed by atoms with van der Waals surface area (Å²) in [5, 5.41) is 11.7. The van der Waals surface area contributed by atoms with Gasteiger partial charge < -0.3 is 20.7 Å². The van der Waals surface area contributed by atoms with Crippen molar-refractivity contribution >= 4 is 5.84 Å². The number of nitrogens with two attached hydrogens (primary N) is 1. The number of nitrogens with zero attached hydrogens (tertiary/aromatic N) is 1. The third-order valence-corrected chi connectivity index (χ3v) is 2.49. The Morgan fingerprint density at radius 1 is 1.64 bits per heavy atom. The van der Waals surface area contributed by atoms with Gasteiger partial charge in [0.05, 0.1) is 13.2 Å². The second kappa shape index (κ2) is 3.34. The number of fused-ring (bicyclic) bond motifs is 1. The van der Waals surface area contributed by atoms with Gasteiger partial charge in [0.2, 0.25) is 0 Å². The third kappa shape index (κ3) is 1.26. The van der Waals surface area contributed by atoms with Crippen LogP contribution in [0, 0.1) is 6.92 Å². The van der Waals surface area contributed by atoms with Crippen LogP contribution in [0.3, 0.4) is 0 Å². The molecule has 0 unspecified atom stereocenters. The van der Waals surface area contributed by atoms with Crippen molar-refractivity contribution in [1.82, 2.24) is 4.98 Å². The Morgan fingerprint density at radius 3 is 3.14 bits per heavy atom. The van der Waals surface area contributed by atoms with E-state index >= 15 is 0 Å². The summed E-state index contributed by atoms with van der Waals surface area (Å²) in [6.07, 6.45) is 0.856. The normalized spacial score (nSPS) is 16.8. The van der Waals surface area contributed by atoms with Crippen LogP contribution in [0.25, 0.3) is 0 Å². The van der Waals surface area contributed by atoms with Crippen LogP contribution in [-0.4, -0.2) is 22.6 Å². The summed E-state index contributed by atoms with van der Waals surface area (Å²) in [4.78, 5) is 3.23. The summed E-state index contributed by atoms with van der Waals surface area (Å²) in [6, 6.07) is 0. The Bertz CT molecular complexity index is 382. The number of rotatable bonds is 1. The Kier molecular flexibility index (Phi) is 2.17. The summed E-state index contributed by atoms with van der Waals surface area (Å²) in [5.41, 5.74) is 9.45. The van der Waals surface area contributed by atoms with Crippen molar-refractivity contribution in [2.45, 2.75) is 20.0 Å². The van der Waals surface area contributed by atoms with Crippen LogP contribution in [0.1, 0.15) is 22.5 Å². The SMILES string of the molecule is Cc1[nH]c2c(c1/C(N)=N\O)COCC2. The van der Waals surface area contributed by atoms with E-state index < -0.39 is 0 Å². The molecule has 0 amide bonds. The molecule has 0 fully saturated rings. The lowest BCUT2D eigenvalue weighted by Gasteiger charge is -2.13. The lowest BCUT2D eigenvalue weighted by Crippen LogP contribution is -2.18. The van der Waals surface area contributed by atoms with E-state index in [-0.39, 0.29) is 5.84 Å². The van der Waals surface area contributed by atoms with Gasteiger partial charge >= 0.3 is 0 Å². The summed E-state index contributed by atoms with van der Waals surface area (Å²) in [7, 11) is 0. The quantitative estimate of drug-likeness (QED) is 0.264. The van der Waals surface area contributed by atoms with Crippen LogP contribution < -0.4 is 5.73 Å². The smallest absolute Gasteiger partial charge is 0.172 e. The molecule has 76 valence electrons. The minimum atomic E-state index is 0.144. The van der Waals surface area contributed by atoms with Gasteiger partial charge in [-0.3, -0.25) is 0 Å². The van der Waals surface area contributed by atoms with Gasteiger partial charge in [-0.2, -0.15) is 0 Å². The molecule has 5 nitrogen and oxygen atoms in total. The van der Waals surface area contributed by atoms with Gasteiger partial charge in [-0.25, -0.2) is 0 Å². The van der Waals surface area contributed by atoms with E-state index in [2.05, 4.69) is 10.1 Å². The monoisotopic (exact) mass is 195 g/mol. The van der Waals surface area contributed by atoms with Gasteiger partial charge in [-0.05, 0) is 6.92 Å². The van der Waals surface area contributed by atoms with E-state index in [1.165, 1.54) is 0 Å². The highest BCUT2D eigenvalue weighted by molar-refractivity contribution is 5.99. The van der Waals surface area contributed by atoms with Crippen molar-refractivity contribution in [3.05, 3.63) is 22.5 Å². The van der Waals surface area contributed by atoms with Gasteiger partial charge in [0.25, 0.3) is 0 Å². The molecule has 0 radical (unpaired) electrons. The van der Waals surface area contributed by atoms with Crippen LogP contribution in [0.2, 0.25) is 0 Å². The highest BCUT2D eigenvalue weighted by Gasteiger charge is 2.20. The number of oxime groups is 1. The van der Waals surface area contributed by atoms with Crippen molar-refractivity contribution in [3.63, 3.8) is 0 Å². The van der Waals surface area contributed by atoms with E-state index in [1.54, 1.807) is 0 Å². The van der Waals surface area contributed by atoms with Crippen LogP contribution >= 0.6 is 0 Å². The third-order valence-electron chi connectivity index (χ3n) is 2.49. The van der Waals surface area contributed by atoms with Crippen molar-refractivity contribution in [2.75, 3.05) is 6.61 Å². The molecular formula is C9H13N3O2. The maximum Gasteiger partial charge on any atom is 0.172 e. The summed E-state index contributed by atoms with van der Waals surface area (Å²) in [5.74, 6) is 0.144. The molecule has 14 heavy (non-hydrogen) atoms. The lowest BCUT2D eigenvalue weighted by molar-refractivity contribution is 0.110. The molecule has 4 N–H and O–H groups in total. The standard InChI is InChI=1S/C9H13N3O2/c1-5-8(9(10)12-13)6-4-14-3-2-7(6)11-5/h11,13H,2-4H2,1H3,(H2,10,12). The Labute approximate surface area is 81.6 Å². The number of nitrogens with one attached hydrogen (secondary N) is 1. The maximum absolute atomic E-state index is 8.64. The first-order chi connectivity index (χ1) is 6.74. The van der Waals surface area contributed by atoms with Crippen LogP contribution in [0.4, 0.5) is 0 Å². The maximum atomic E-state index is 8.64. The lowest BCUT2D eigenvalue weighted by atomic mass is 10.1. The molecule has 5 heteroatoms. The number of ether oxygens (including phenoxy) is 1. The molecule has 2 heterocycles. The zero-order valence-corrected chi connectivity index (χ0v) is 8.00. The molecule has 0 aliphatic carbocycles. The fraction of sp³-hybridized carbons (Fsp3) is 0.444. The van der Waals surface area contributed by atoms with Crippen LogP contribution in [0.15, 0.2) is 5.16 Å². The first-order valence-corrected chi connectivity index (χ1v) is 4.50. The van der Waals surface area contributed by atoms with E-state index in [1.807, 2.05) is 6.92 Å². The first-order valence-electron chi connectivity index (χ1n) is 4.50. The molecule has 1 aliphatic heterocycles. The van der Waals surface area contributed by atoms with Gasteiger partial charge in [-0.1, -0.05) is 5.16 Å². The molecular weight excluding hydrogens is 182 g/mol. The minimum absolute atomic E-state index is 0.144. The minimum Gasteiger partial charge on any atom is -0.409 e. The molecule has 2 rings (SSSR count). The number of hydrogen-bond donors (Lipinski definition) is 3. The van der Waals surface area contributed by atoms with Crippen molar-refractivity contribution in [3.8, 4) is 0 Å². The Hall–Kier alpha value is -1.49. The Balaban J connectivity index is 2.53. The molecule has 0 saturated carbocycles. The molecule has 1 aromatic heterocycles. The van der Waals surface area contributed by atoms with Gasteiger partial charge in [0.1, 0.15) is 0 Å². The molecule has 0 spiro atoms. The first kappa shape index (κ1) is 9.08. The number of amidine groups is 1. The summed E-state index contributed by atoms with van der Waals surface area (Å²) < 4.78 is 5.33. The predicted octanol–water partition coefficient (Wildman–Crippen LogP) is 0.490. The van der Waals surface area contributed by atoms with Gasteiger partial charge in [0, 0.05) is 28.9 Å². The van der Waals surface area contributed by atoms with Crippen LogP contribution in [0.5, 0.6) is 0 Å². The molecule has 1 aliphatic rings. The highest BCUT2D eigenvalue weighted by Crippen LogP contribution is 2.23. The zero-order chi connectivity index (χ0) is 10.1. The number of aromatic amines is 1. The summed E-state index contributed by atoms with van der Waals surface area (Å²) >= 11 is 0. The van der Waals surface area contributed by atoms with Crippen LogP contribution in [-0.2, 0) is 17.8 Å². The molecule has 0 aromatic carbocycles. The topological polar surface area (TPSA) is 83.6 Å². The second-order valence-corrected chi connectivity index (χ2v) is 3.37. The van der Waals surface area contributed by atoms with Gasteiger partial charge in [-0.15, -0.1) is 0 Å². The number of aromatic nitrogens is 1. The molecule has 1 aromatic rings. The average molecular weight is 195 g/mol. The number of hydrogen-bond acceptors (Lipinski definition) is 3. The Morgan fingerprint density at radius 2 is 2.43 bits per heavy atom. The number of H-pyrrole nitrogens is 1. The van der Waals surface area contributed by atoms with E-state index in [4.69, 9.17) is 15.7 Å². The highest BCUT2D eigenvalue weighted by atomic mass is 16.5. The van der Waals surface area contributed by atoms with E-state index in [9.17, 15) is 0 Å². The predicted molar refractivity (Wildman–Crippen MR) is 51.4 cm³/mol. The van der Waals surface area contributed by atoms with Crippen molar-refractivity contribution in [2.24, 2.45) is 10.9 Å². The van der Waals surface area contributed by atoms with Crippen molar-refractivity contribution < 1.29 is 9.94 Å².